The molecule has 0 saturated heterocycles. The van der Waals surface area contributed by atoms with Gasteiger partial charge in [-0.3, -0.25) is 4.57 Å². The van der Waals surface area contributed by atoms with Crippen molar-refractivity contribution >= 4 is 24.7 Å². The fraction of sp³-hybridized carbons (Fsp3) is 0.455. The van der Waals surface area contributed by atoms with Crippen LogP contribution in [0.25, 0.3) is 0 Å². The molecule has 0 N–H and O–H groups in total. The topological polar surface area (TPSA) is 35.5 Å². The SMILES string of the molecule is CCOC(OCC)[P](=O)c1ccc(Cl)cc1. The van der Waals surface area contributed by atoms with Crippen molar-refractivity contribution in [1.82, 2.24) is 0 Å². The van der Waals surface area contributed by atoms with Crippen LogP contribution in [0.15, 0.2) is 24.3 Å². The molecular weight excluding hydrogens is 247 g/mol. The zero-order valence-corrected chi connectivity index (χ0v) is 11.0. The highest BCUT2D eigenvalue weighted by atomic mass is 35.5. The molecule has 0 heterocycles. The van der Waals surface area contributed by atoms with Crippen LogP contribution in [-0.4, -0.2) is 19.2 Å². The number of halogens is 1. The van der Waals surface area contributed by atoms with Gasteiger partial charge in [-0.25, -0.2) is 0 Å². The zero-order valence-electron chi connectivity index (χ0n) is 9.35. The highest BCUT2D eigenvalue weighted by Crippen LogP contribution is 2.29. The first-order valence-electron chi connectivity index (χ1n) is 5.14. The molecule has 1 rings (SSSR count). The molecule has 0 aromatic heterocycles. The van der Waals surface area contributed by atoms with Crippen LogP contribution in [0, 0.1) is 0 Å². The maximum Gasteiger partial charge on any atom is 0.234 e. The highest BCUT2D eigenvalue weighted by Gasteiger charge is 2.19. The molecule has 16 heavy (non-hydrogen) atoms. The van der Waals surface area contributed by atoms with E-state index in [2.05, 4.69) is 0 Å². The van der Waals surface area contributed by atoms with Gasteiger partial charge < -0.3 is 9.47 Å². The molecular formula is C11H15ClO3P. The monoisotopic (exact) mass is 261 g/mol. The van der Waals surface area contributed by atoms with E-state index in [1.54, 1.807) is 24.3 Å². The molecule has 1 unspecified atom stereocenters. The Morgan fingerprint density at radius 3 is 2.12 bits per heavy atom. The third-order valence-corrected chi connectivity index (χ3v) is 3.63. The minimum absolute atomic E-state index is 0.472. The smallest absolute Gasteiger partial charge is 0.234 e. The summed E-state index contributed by atoms with van der Waals surface area (Å²) in [6.07, 6.45) is 0. The third-order valence-electron chi connectivity index (χ3n) is 1.89. The van der Waals surface area contributed by atoms with Crippen LogP contribution < -0.4 is 5.30 Å². The van der Waals surface area contributed by atoms with E-state index >= 15 is 0 Å². The molecule has 0 aliphatic heterocycles. The van der Waals surface area contributed by atoms with Gasteiger partial charge in [-0.05, 0) is 38.1 Å². The van der Waals surface area contributed by atoms with Crippen LogP contribution in [0.3, 0.4) is 0 Å². The summed E-state index contributed by atoms with van der Waals surface area (Å²) in [6, 6.07) is 6.20. The standard InChI is InChI=1S/C11H15ClO3P/c1-3-14-11(15-4-2)16(13)10-7-5-9(12)6-8-10/h5-8,11H,3-4H2,1-2H3. The summed E-state index contributed by atoms with van der Waals surface area (Å²) < 4.78 is 22.7. The van der Waals surface area contributed by atoms with E-state index in [-0.39, 0.29) is 0 Å². The van der Waals surface area contributed by atoms with Crippen LogP contribution in [0.1, 0.15) is 13.8 Å². The molecule has 0 fully saturated rings. The Bertz CT molecular complexity index is 334. The van der Waals surface area contributed by atoms with Crippen LogP contribution in [0.5, 0.6) is 0 Å². The second-order valence-corrected chi connectivity index (χ2v) is 5.05. The Morgan fingerprint density at radius 1 is 1.19 bits per heavy atom. The number of ether oxygens (including phenoxy) is 2. The van der Waals surface area contributed by atoms with Crippen LogP contribution in [0.2, 0.25) is 5.02 Å². The van der Waals surface area contributed by atoms with Gasteiger partial charge in [-0.15, -0.1) is 0 Å². The lowest BCUT2D eigenvalue weighted by Gasteiger charge is -2.15. The Balaban J connectivity index is 2.77. The number of hydrogen-bond donors (Lipinski definition) is 0. The molecule has 0 aliphatic rings. The molecule has 1 atom stereocenters. The maximum atomic E-state index is 12.1. The van der Waals surface area contributed by atoms with Gasteiger partial charge in [0, 0.05) is 23.5 Å². The second kappa shape index (κ2) is 6.97. The fourth-order valence-corrected chi connectivity index (χ4v) is 2.56. The summed E-state index contributed by atoms with van der Waals surface area (Å²) in [6.45, 7) is 4.63. The second-order valence-electron chi connectivity index (χ2n) is 3.02. The van der Waals surface area contributed by atoms with E-state index in [4.69, 9.17) is 21.1 Å². The maximum absolute atomic E-state index is 12.1. The van der Waals surface area contributed by atoms with Gasteiger partial charge in [-0.1, -0.05) is 11.6 Å². The summed E-state index contributed by atoms with van der Waals surface area (Å²) in [4.78, 5) is 0. The van der Waals surface area contributed by atoms with Gasteiger partial charge >= 0.3 is 0 Å². The van der Waals surface area contributed by atoms with E-state index in [0.717, 1.165) is 0 Å². The van der Waals surface area contributed by atoms with Gasteiger partial charge in [0.05, 0.1) is 0 Å². The Labute approximate surface area is 101 Å². The zero-order chi connectivity index (χ0) is 12.0. The summed E-state index contributed by atoms with van der Waals surface area (Å²) >= 11 is 5.76. The molecule has 5 heteroatoms. The number of hydrogen-bond acceptors (Lipinski definition) is 3. The summed E-state index contributed by atoms with van der Waals surface area (Å²) in [5.74, 6) is 0. The lowest BCUT2D eigenvalue weighted by atomic mass is 10.4. The molecule has 1 aromatic rings. The highest BCUT2D eigenvalue weighted by molar-refractivity contribution is 7.53. The lowest BCUT2D eigenvalue weighted by molar-refractivity contribution is -0.0788. The Kier molecular flexibility index (Phi) is 5.93. The minimum Gasteiger partial charge on any atom is -0.343 e. The van der Waals surface area contributed by atoms with Crippen molar-refractivity contribution < 1.29 is 14.0 Å². The van der Waals surface area contributed by atoms with Crippen molar-refractivity contribution in [3.63, 3.8) is 0 Å². The number of benzene rings is 1. The normalized spacial score (nSPS) is 11.9. The van der Waals surface area contributed by atoms with Crippen molar-refractivity contribution in [2.75, 3.05) is 13.2 Å². The van der Waals surface area contributed by atoms with Gasteiger partial charge in [0.1, 0.15) is 0 Å². The van der Waals surface area contributed by atoms with Crippen molar-refractivity contribution in [3.05, 3.63) is 29.3 Å². The molecule has 3 nitrogen and oxygen atoms in total. The van der Waals surface area contributed by atoms with E-state index in [1.165, 1.54) is 0 Å². The molecule has 0 aliphatic carbocycles. The van der Waals surface area contributed by atoms with Crippen molar-refractivity contribution in [2.24, 2.45) is 0 Å². The minimum atomic E-state index is -1.72. The average Bonchev–Trinajstić information content (AvgIpc) is 2.29. The molecule has 0 amide bonds. The molecule has 0 spiro atoms. The van der Waals surface area contributed by atoms with Crippen molar-refractivity contribution in [2.45, 2.75) is 19.9 Å². The number of rotatable bonds is 6. The molecule has 0 saturated carbocycles. The molecule has 1 radical (unpaired) electrons. The summed E-state index contributed by atoms with van der Waals surface area (Å²) in [7, 11) is -1.72. The van der Waals surface area contributed by atoms with Crippen LogP contribution >= 0.6 is 19.4 Å². The molecule has 1 aromatic carbocycles. The van der Waals surface area contributed by atoms with E-state index < -0.39 is 13.8 Å². The predicted octanol–water partition coefficient (Wildman–Crippen LogP) is 3.15. The van der Waals surface area contributed by atoms with Gasteiger partial charge in [0.2, 0.25) is 6.03 Å². The van der Waals surface area contributed by atoms with Gasteiger partial charge in [0.25, 0.3) is 0 Å². The van der Waals surface area contributed by atoms with E-state index in [9.17, 15) is 4.57 Å². The molecule has 0 bridgehead atoms. The Morgan fingerprint density at radius 2 is 1.69 bits per heavy atom. The molecule has 89 valence electrons. The van der Waals surface area contributed by atoms with Crippen molar-refractivity contribution in [1.29, 1.82) is 0 Å². The van der Waals surface area contributed by atoms with Gasteiger partial charge in [0.15, 0.2) is 7.80 Å². The third kappa shape index (κ3) is 3.84. The first-order valence-corrected chi connectivity index (χ1v) is 6.84. The lowest BCUT2D eigenvalue weighted by Crippen LogP contribution is -2.17. The average molecular weight is 262 g/mol. The van der Waals surface area contributed by atoms with E-state index in [0.29, 0.717) is 23.5 Å². The summed E-state index contributed by atoms with van der Waals surface area (Å²) in [5, 5.41) is 1.31. The Hall–Kier alpha value is -0.470. The first kappa shape index (κ1) is 13.6. The quantitative estimate of drug-likeness (QED) is 0.583. The predicted molar refractivity (Wildman–Crippen MR) is 65.7 cm³/mol. The van der Waals surface area contributed by atoms with E-state index in [1.807, 2.05) is 13.8 Å². The fourth-order valence-electron chi connectivity index (χ4n) is 1.18. The summed E-state index contributed by atoms with van der Waals surface area (Å²) in [5.41, 5.74) is 0. The van der Waals surface area contributed by atoms with Crippen molar-refractivity contribution in [3.8, 4) is 0 Å². The van der Waals surface area contributed by atoms with Crippen LogP contribution in [-0.2, 0) is 14.0 Å². The van der Waals surface area contributed by atoms with Crippen LogP contribution in [0.4, 0.5) is 0 Å². The first-order chi connectivity index (χ1) is 7.69. The largest absolute Gasteiger partial charge is 0.343 e. The van der Waals surface area contributed by atoms with Gasteiger partial charge in [-0.2, -0.15) is 0 Å².